The fourth-order valence-corrected chi connectivity index (χ4v) is 2.42. The summed E-state index contributed by atoms with van der Waals surface area (Å²) in [5.74, 6) is -0.951. The fraction of sp³-hybridized carbons (Fsp3) is 0.0714. The van der Waals surface area contributed by atoms with Crippen LogP contribution in [-0.4, -0.2) is 33.5 Å². The van der Waals surface area contributed by atoms with Crippen LogP contribution in [0.2, 0.25) is 0 Å². The van der Waals surface area contributed by atoms with Gasteiger partial charge < -0.3 is 5.11 Å². The maximum absolute atomic E-state index is 12.3. The van der Waals surface area contributed by atoms with Gasteiger partial charge in [-0.15, -0.1) is 6.58 Å². The van der Waals surface area contributed by atoms with Crippen molar-refractivity contribution in [2.24, 2.45) is 0 Å². The molecule has 108 valence electrons. The highest BCUT2D eigenvalue weighted by Gasteiger charge is 2.32. The van der Waals surface area contributed by atoms with E-state index in [1.165, 1.54) is 23.1 Å². The molecule has 0 bridgehead atoms. The zero-order chi connectivity index (χ0) is 15.6. The number of phenolic OH excluding ortho intramolecular Hbond substituents is 1. The van der Waals surface area contributed by atoms with E-state index in [-0.39, 0.29) is 23.0 Å². The van der Waals surface area contributed by atoms with Gasteiger partial charge >= 0.3 is 0 Å². The standard InChI is InChI=1S/C14H11BrN2O3S/c1-2-5-17-13(20)9(12(19)16-14(17)21)6-8-3-4-11(18)10(15)7-8/h2-4,6-7,18H,1,5H2,(H,16,19,21)/b9-6-. The van der Waals surface area contributed by atoms with Crippen LogP contribution >= 0.6 is 28.1 Å². The Morgan fingerprint density at radius 2 is 2.14 bits per heavy atom. The van der Waals surface area contributed by atoms with Gasteiger partial charge in [-0.25, -0.2) is 0 Å². The van der Waals surface area contributed by atoms with Gasteiger partial charge in [0.25, 0.3) is 11.8 Å². The average molecular weight is 367 g/mol. The highest BCUT2D eigenvalue weighted by atomic mass is 79.9. The number of halogens is 1. The average Bonchev–Trinajstić information content (AvgIpc) is 2.43. The van der Waals surface area contributed by atoms with Crippen molar-refractivity contribution in [2.45, 2.75) is 0 Å². The van der Waals surface area contributed by atoms with Gasteiger partial charge in [0, 0.05) is 6.54 Å². The molecule has 0 saturated carbocycles. The Labute approximate surface area is 135 Å². The van der Waals surface area contributed by atoms with Crippen LogP contribution in [0.4, 0.5) is 0 Å². The van der Waals surface area contributed by atoms with Gasteiger partial charge in [-0.3, -0.25) is 19.8 Å². The van der Waals surface area contributed by atoms with Gasteiger partial charge in [0.1, 0.15) is 11.3 Å². The van der Waals surface area contributed by atoms with E-state index in [1.54, 1.807) is 12.1 Å². The predicted molar refractivity (Wildman–Crippen MR) is 86.4 cm³/mol. The maximum atomic E-state index is 12.3. The van der Waals surface area contributed by atoms with E-state index in [0.29, 0.717) is 10.0 Å². The third-order valence-electron chi connectivity index (χ3n) is 2.78. The van der Waals surface area contributed by atoms with Crippen molar-refractivity contribution in [3.05, 3.63) is 46.5 Å². The number of hydrogen-bond acceptors (Lipinski definition) is 4. The second-order valence-electron chi connectivity index (χ2n) is 4.23. The topological polar surface area (TPSA) is 69.6 Å². The molecule has 1 heterocycles. The normalized spacial score (nSPS) is 17.1. The summed E-state index contributed by atoms with van der Waals surface area (Å²) in [4.78, 5) is 25.5. The van der Waals surface area contributed by atoms with E-state index in [4.69, 9.17) is 12.2 Å². The molecule has 0 radical (unpaired) electrons. The van der Waals surface area contributed by atoms with Crippen LogP contribution in [0, 0.1) is 0 Å². The maximum Gasteiger partial charge on any atom is 0.265 e. The highest BCUT2D eigenvalue weighted by Crippen LogP contribution is 2.25. The monoisotopic (exact) mass is 366 g/mol. The smallest absolute Gasteiger partial charge is 0.265 e. The second kappa shape index (κ2) is 6.19. The zero-order valence-corrected chi connectivity index (χ0v) is 13.2. The number of rotatable bonds is 3. The molecule has 1 fully saturated rings. The number of thiocarbonyl (C=S) groups is 1. The van der Waals surface area contributed by atoms with Crippen molar-refractivity contribution >= 4 is 51.2 Å². The van der Waals surface area contributed by atoms with Gasteiger partial charge in [-0.05, 0) is 51.9 Å². The van der Waals surface area contributed by atoms with Crippen molar-refractivity contribution in [2.75, 3.05) is 6.54 Å². The molecule has 2 amide bonds. The van der Waals surface area contributed by atoms with Crippen molar-refractivity contribution in [3.63, 3.8) is 0 Å². The molecule has 1 saturated heterocycles. The molecule has 0 atom stereocenters. The molecule has 1 aromatic rings. The molecule has 0 aromatic heterocycles. The molecule has 0 unspecified atom stereocenters. The molecule has 1 aliphatic rings. The second-order valence-corrected chi connectivity index (χ2v) is 5.47. The van der Waals surface area contributed by atoms with Crippen molar-refractivity contribution < 1.29 is 14.7 Å². The lowest BCUT2D eigenvalue weighted by atomic mass is 10.1. The van der Waals surface area contributed by atoms with Gasteiger partial charge in [0.05, 0.1) is 4.47 Å². The summed E-state index contributed by atoms with van der Waals surface area (Å²) < 4.78 is 0.471. The van der Waals surface area contributed by atoms with E-state index in [0.717, 1.165) is 0 Å². The van der Waals surface area contributed by atoms with E-state index in [1.807, 2.05) is 0 Å². The summed E-state index contributed by atoms with van der Waals surface area (Å²) in [6.45, 7) is 3.77. The minimum atomic E-state index is -0.547. The molecular weight excluding hydrogens is 356 g/mol. The van der Waals surface area contributed by atoms with E-state index >= 15 is 0 Å². The lowest BCUT2D eigenvalue weighted by Gasteiger charge is -2.27. The number of carbonyl (C=O) groups is 2. The zero-order valence-electron chi connectivity index (χ0n) is 10.8. The van der Waals surface area contributed by atoms with E-state index < -0.39 is 11.8 Å². The fourth-order valence-electron chi connectivity index (χ4n) is 1.77. The highest BCUT2D eigenvalue weighted by molar-refractivity contribution is 9.10. The molecule has 5 nitrogen and oxygen atoms in total. The number of amides is 2. The third kappa shape index (κ3) is 3.20. The molecule has 1 aliphatic heterocycles. The van der Waals surface area contributed by atoms with Crippen LogP contribution in [0.1, 0.15) is 5.56 Å². The molecule has 21 heavy (non-hydrogen) atoms. The molecule has 0 aliphatic carbocycles. The summed E-state index contributed by atoms with van der Waals surface area (Å²) in [7, 11) is 0. The predicted octanol–water partition coefficient (Wildman–Crippen LogP) is 1.97. The van der Waals surface area contributed by atoms with Crippen LogP contribution in [-0.2, 0) is 9.59 Å². The molecule has 0 spiro atoms. The van der Waals surface area contributed by atoms with E-state index in [9.17, 15) is 14.7 Å². The first kappa shape index (κ1) is 15.4. The largest absolute Gasteiger partial charge is 0.507 e. The van der Waals surface area contributed by atoms with Crippen LogP contribution < -0.4 is 5.32 Å². The van der Waals surface area contributed by atoms with Gasteiger partial charge in [-0.1, -0.05) is 12.1 Å². The van der Waals surface area contributed by atoms with E-state index in [2.05, 4.69) is 27.8 Å². The molecule has 1 aromatic carbocycles. The first-order chi connectivity index (χ1) is 9.93. The SMILES string of the molecule is C=CCN1C(=O)/C(=C\c2ccc(O)c(Br)c2)C(=O)NC1=S. The number of hydrogen-bond donors (Lipinski definition) is 2. The third-order valence-corrected chi connectivity index (χ3v) is 3.74. The number of benzene rings is 1. The van der Waals surface area contributed by atoms with Crippen molar-refractivity contribution in [1.82, 2.24) is 10.2 Å². The molecular formula is C14H11BrN2O3S. The van der Waals surface area contributed by atoms with Crippen LogP contribution in [0.5, 0.6) is 5.75 Å². The van der Waals surface area contributed by atoms with Crippen LogP contribution in [0.3, 0.4) is 0 Å². The minimum absolute atomic E-state index is 0.0250. The van der Waals surface area contributed by atoms with Crippen LogP contribution in [0.25, 0.3) is 6.08 Å². The molecule has 7 heteroatoms. The van der Waals surface area contributed by atoms with Gasteiger partial charge in [0.15, 0.2) is 5.11 Å². The Bertz CT molecular complexity index is 685. The van der Waals surface area contributed by atoms with Crippen LogP contribution in [0.15, 0.2) is 40.9 Å². The Morgan fingerprint density at radius 1 is 1.43 bits per heavy atom. The first-order valence-electron chi connectivity index (χ1n) is 5.92. The number of carbonyl (C=O) groups excluding carboxylic acids is 2. The summed E-state index contributed by atoms with van der Waals surface area (Å²) >= 11 is 8.14. The van der Waals surface area contributed by atoms with Crippen molar-refractivity contribution in [1.29, 1.82) is 0 Å². The summed E-state index contributed by atoms with van der Waals surface area (Å²) in [6, 6.07) is 4.67. The summed E-state index contributed by atoms with van der Waals surface area (Å²) in [5.41, 5.74) is 0.576. The number of nitrogens with zero attached hydrogens (tertiary/aromatic N) is 1. The Hall–Kier alpha value is -1.99. The van der Waals surface area contributed by atoms with Crippen molar-refractivity contribution in [3.8, 4) is 5.75 Å². The Balaban J connectivity index is 2.40. The minimum Gasteiger partial charge on any atom is -0.507 e. The quantitative estimate of drug-likeness (QED) is 0.371. The van der Waals surface area contributed by atoms with Gasteiger partial charge in [0.2, 0.25) is 0 Å². The number of aromatic hydroxyl groups is 1. The summed E-state index contributed by atoms with van der Waals surface area (Å²) in [5, 5.41) is 12.0. The Kier molecular flexibility index (Phi) is 4.54. The summed E-state index contributed by atoms with van der Waals surface area (Å²) in [6.07, 6.45) is 2.97. The molecule has 2 N–H and O–H groups in total. The number of phenols is 1. The lowest BCUT2D eigenvalue weighted by molar-refractivity contribution is -0.128. The first-order valence-corrected chi connectivity index (χ1v) is 7.12. The molecule has 2 rings (SSSR count). The number of nitrogens with one attached hydrogen (secondary N) is 1. The van der Waals surface area contributed by atoms with Gasteiger partial charge in [-0.2, -0.15) is 0 Å². The Morgan fingerprint density at radius 3 is 2.76 bits per heavy atom. The lowest BCUT2D eigenvalue weighted by Crippen LogP contribution is -2.53.